The van der Waals surface area contributed by atoms with E-state index in [2.05, 4.69) is 25.9 Å². The van der Waals surface area contributed by atoms with Gasteiger partial charge >= 0.3 is 6.03 Å². The Kier molecular flexibility index (Phi) is 19.6. The second-order valence-electron chi connectivity index (χ2n) is 19.9. The Morgan fingerprint density at radius 3 is 2.04 bits per heavy atom. The van der Waals surface area contributed by atoms with Gasteiger partial charge in [-0.3, -0.25) is 43.3 Å². The van der Waals surface area contributed by atoms with Crippen LogP contribution in [0.1, 0.15) is 120 Å². The molecule has 2 heterocycles. The molecular formula is C53H70N8O9. The second kappa shape index (κ2) is 25.3. The second-order valence-corrected chi connectivity index (χ2v) is 19.9. The highest BCUT2D eigenvalue weighted by atomic mass is 16.2. The van der Waals surface area contributed by atoms with Gasteiger partial charge in [0, 0.05) is 89.8 Å². The van der Waals surface area contributed by atoms with E-state index in [1.165, 1.54) is 33.3 Å². The fraction of sp³-hybridized carbons (Fsp3) is 0.528. The van der Waals surface area contributed by atoms with Gasteiger partial charge in [0.25, 0.3) is 5.91 Å². The Morgan fingerprint density at radius 1 is 0.786 bits per heavy atom. The molecule has 1 aliphatic heterocycles. The van der Waals surface area contributed by atoms with Gasteiger partial charge in [-0.25, -0.2) is 9.78 Å². The number of rotatable bonds is 22. The van der Waals surface area contributed by atoms with Crippen molar-refractivity contribution in [3.63, 3.8) is 0 Å². The lowest BCUT2D eigenvalue weighted by molar-refractivity contribution is -0.145. The zero-order chi connectivity index (χ0) is 51.1. The number of hydrogen-bond acceptors (Lipinski definition) is 11. The van der Waals surface area contributed by atoms with Crippen LogP contribution in [0.25, 0.3) is 0 Å². The molecule has 3 aromatic rings. The number of nitrogens with zero attached hydrogens (tertiary/aromatic N) is 5. The average molecular weight is 963 g/mol. The number of hydrogen-bond donors (Lipinski definition) is 3. The lowest BCUT2D eigenvalue weighted by Gasteiger charge is -2.38. The number of ketones is 4. The molecule has 5 rings (SSSR count). The van der Waals surface area contributed by atoms with Crippen LogP contribution in [0, 0.1) is 29.1 Å². The van der Waals surface area contributed by atoms with Crippen molar-refractivity contribution in [1.82, 2.24) is 35.3 Å². The van der Waals surface area contributed by atoms with E-state index < -0.39 is 88.8 Å². The maximum atomic E-state index is 14.9. The maximum absolute atomic E-state index is 14.9. The number of carbonyl (C=O) groups excluding carboxylic acids is 9. The van der Waals surface area contributed by atoms with Gasteiger partial charge in [-0.15, -0.1) is 0 Å². The van der Waals surface area contributed by atoms with Gasteiger partial charge in [-0.2, -0.15) is 0 Å². The molecule has 3 N–H and O–H groups in total. The molecule has 1 saturated heterocycles. The van der Waals surface area contributed by atoms with Crippen LogP contribution >= 0.6 is 0 Å². The lowest BCUT2D eigenvalue weighted by Crippen LogP contribution is -2.52. The number of nitrogens with one attached hydrogen (secondary N) is 3. The Morgan fingerprint density at radius 2 is 1.44 bits per heavy atom. The van der Waals surface area contributed by atoms with Crippen LogP contribution in [0.15, 0.2) is 79.3 Å². The van der Waals surface area contributed by atoms with E-state index in [9.17, 15) is 43.2 Å². The van der Waals surface area contributed by atoms with Gasteiger partial charge in [0.1, 0.15) is 17.5 Å². The predicted octanol–water partition coefficient (Wildman–Crippen LogP) is 6.01. The molecule has 70 heavy (non-hydrogen) atoms. The smallest absolute Gasteiger partial charge is 0.321 e. The summed E-state index contributed by atoms with van der Waals surface area (Å²) in [6.45, 7) is 7.26. The standard InChI is InChI=1S/C53H70N8O9/c1-8-18-36(48(66)42(62)25-26-45(65)57-47(51(69)59(5)6)35-21-14-10-15-22-35)29-43(63)38-32-61(52(70)56-37-23-16-11-17-24-37)33-41(38)60(7)50(68)39(53(2,3)4)30-44(64)46(34-19-12-9-13-20-34)58-49(67)40-31-54-27-28-55-40/h10-11,14-17,21-24,27-28,31,34,36,38-39,41,46-47H,8-9,12-13,18-20,25-26,29-30,32-33H2,1-7H3,(H,56,70)(H,57,65)(H,58,67)/t36-,38-,39-,41+,46+,47+/m1/s1. The van der Waals surface area contributed by atoms with E-state index in [-0.39, 0.29) is 62.1 Å². The fourth-order valence-electron chi connectivity index (χ4n) is 9.52. The molecule has 2 aromatic carbocycles. The third-order valence-corrected chi connectivity index (χ3v) is 13.6. The zero-order valence-corrected chi connectivity index (χ0v) is 41.6. The Hall–Kier alpha value is -6.65. The van der Waals surface area contributed by atoms with E-state index in [0.717, 1.165) is 32.1 Å². The zero-order valence-electron chi connectivity index (χ0n) is 41.6. The maximum Gasteiger partial charge on any atom is 0.321 e. The van der Waals surface area contributed by atoms with Gasteiger partial charge in [0.05, 0.1) is 24.2 Å². The summed E-state index contributed by atoms with van der Waals surface area (Å²) in [6, 6.07) is 14.2. The monoisotopic (exact) mass is 963 g/mol. The third-order valence-electron chi connectivity index (χ3n) is 13.6. The van der Waals surface area contributed by atoms with Gasteiger partial charge < -0.3 is 30.7 Å². The highest BCUT2D eigenvalue weighted by molar-refractivity contribution is 6.38. The van der Waals surface area contributed by atoms with E-state index in [4.69, 9.17) is 0 Å². The number of anilines is 1. The molecule has 0 unspecified atom stereocenters. The minimum absolute atomic E-state index is 0.0400. The minimum atomic E-state index is -1.02. The third kappa shape index (κ3) is 14.7. The van der Waals surface area contributed by atoms with Crippen LogP contribution in [-0.2, 0) is 33.6 Å². The first-order chi connectivity index (χ1) is 33.3. The molecule has 1 aliphatic carbocycles. The minimum Gasteiger partial charge on any atom is -0.347 e. The topological polar surface area (TPSA) is 225 Å². The first kappa shape index (κ1) is 54.3. The van der Waals surface area contributed by atoms with E-state index >= 15 is 0 Å². The number of aromatic nitrogens is 2. The first-order valence-corrected chi connectivity index (χ1v) is 24.4. The van der Waals surface area contributed by atoms with Crippen molar-refractivity contribution < 1.29 is 43.2 Å². The van der Waals surface area contributed by atoms with Crippen LogP contribution < -0.4 is 16.0 Å². The largest absolute Gasteiger partial charge is 0.347 e. The summed E-state index contributed by atoms with van der Waals surface area (Å²) in [5, 5.41) is 8.47. The number of likely N-dealkylation sites (tertiary alicyclic amines) is 1. The van der Waals surface area contributed by atoms with Crippen molar-refractivity contribution in [3.8, 4) is 0 Å². The van der Waals surface area contributed by atoms with E-state index in [1.807, 2.05) is 27.7 Å². The summed E-state index contributed by atoms with van der Waals surface area (Å²) in [5.41, 5.74) is 0.377. The van der Waals surface area contributed by atoms with Crippen LogP contribution in [0.5, 0.6) is 0 Å². The van der Waals surface area contributed by atoms with Crippen molar-refractivity contribution in [1.29, 1.82) is 0 Å². The summed E-state index contributed by atoms with van der Waals surface area (Å²) in [7, 11) is 4.69. The number of amides is 6. The summed E-state index contributed by atoms with van der Waals surface area (Å²) in [4.78, 5) is 137. The Labute approximate surface area is 411 Å². The molecule has 0 bridgehead atoms. The Balaban J connectivity index is 1.34. The number of carbonyl (C=O) groups is 9. The SMILES string of the molecule is CCC[C@H](CC(=O)[C@@H]1CN(C(=O)Nc2ccccc2)C[C@@H]1N(C)C(=O)[C@@H](CC(=O)[C@@H](NC(=O)c1cnccn1)C1CCCCC1)C(C)(C)C)C(=O)C(=O)CCC(=O)N[C@H](C(=O)N(C)C)c1ccccc1. The lowest BCUT2D eigenvalue weighted by atomic mass is 9.73. The number of Topliss-reactive ketones (excluding diaryl/α,β-unsaturated/α-hetero) is 4. The summed E-state index contributed by atoms with van der Waals surface area (Å²) in [6.07, 6.45) is 7.77. The molecule has 17 heteroatoms. The van der Waals surface area contributed by atoms with Crippen molar-refractivity contribution in [3.05, 3.63) is 90.5 Å². The van der Waals surface area contributed by atoms with Crippen molar-refractivity contribution in [2.45, 2.75) is 116 Å². The van der Waals surface area contributed by atoms with Crippen molar-refractivity contribution >= 4 is 58.5 Å². The number of para-hydroxylation sites is 1. The molecule has 1 saturated carbocycles. The van der Waals surface area contributed by atoms with Crippen molar-refractivity contribution in [2.24, 2.45) is 29.1 Å². The highest BCUT2D eigenvalue weighted by Crippen LogP contribution is 2.36. The number of likely N-dealkylation sites (N-methyl/N-ethyl adjacent to an activating group) is 2. The summed E-state index contributed by atoms with van der Waals surface area (Å²) >= 11 is 0. The van der Waals surface area contributed by atoms with Crippen LogP contribution in [-0.4, -0.2) is 124 Å². The molecular weight excluding hydrogens is 893 g/mol. The predicted molar refractivity (Wildman–Crippen MR) is 263 cm³/mol. The van der Waals surface area contributed by atoms with Gasteiger partial charge in [-0.05, 0) is 48.3 Å². The van der Waals surface area contributed by atoms with E-state index in [1.54, 1.807) is 81.8 Å². The van der Waals surface area contributed by atoms with Crippen molar-refractivity contribution in [2.75, 3.05) is 39.5 Å². The normalized spacial score (nSPS) is 17.8. The van der Waals surface area contributed by atoms with Crippen LogP contribution in [0.2, 0.25) is 0 Å². The van der Waals surface area contributed by atoms with Crippen LogP contribution in [0.3, 0.4) is 0 Å². The van der Waals surface area contributed by atoms with E-state index in [0.29, 0.717) is 17.7 Å². The molecule has 376 valence electrons. The fourth-order valence-corrected chi connectivity index (χ4v) is 9.52. The highest BCUT2D eigenvalue weighted by Gasteiger charge is 2.47. The molecule has 6 atom stereocenters. The van der Waals surface area contributed by atoms with Gasteiger partial charge in [0.15, 0.2) is 11.6 Å². The number of urea groups is 1. The molecule has 2 fully saturated rings. The molecule has 0 spiro atoms. The molecule has 6 amide bonds. The van der Waals surface area contributed by atoms with Gasteiger partial charge in [-0.1, -0.05) is 102 Å². The van der Waals surface area contributed by atoms with Crippen LogP contribution in [0.4, 0.5) is 10.5 Å². The summed E-state index contributed by atoms with van der Waals surface area (Å²) < 4.78 is 0. The Bertz CT molecular complexity index is 2320. The average Bonchev–Trinajstić information content (AvgIpc) is 3.81. The molecule has 1 aromatic heterocycles. The molecule has 0 radical (unpaired) electrons. The van der Waals surface area contributed by atoms with Gasteiger partial charge in [0.2, 0.25) is 23.5 Å². The molecule has 17 nitrogen and oxygen atoms in total. The quantitative estimate of drug-likeness (QED) is 0.0990. The molecule has 2 aliphatic rings. The number of benzene rings is 2. The summed E-state index contributed by atoms with van der Waals surface area (Å²) in [5.74, 6) is -7.31. The first-order valence-electron chi connectivity index (χ1n) is 24.4.